The molecular weight excluding hydrogens is 467 g/mol. The summed E-state index contributed by atoms with van der Waals surface area (Å²) in [6.07, 6.45) is 0. The molecule has 0 amide bonds. The average molecular weight is 496 g/mol. The third kappa shape index (κ3) is 7.01. The van der Waals surface area contributed by atoms with Crippen LogP contribution in [0.2, 0.25) is 0 Å². The second-order valence-electron chi connectivity index (χ2n) is 6.14. The Morgan fingerprint density at radius 3 is 2.46 bits per heavy atom. The van der Waals surface area contributed by atoms with Gasteiger partial charge in [0, 0.05) is 40.3 Å². The van der Waals surface area contributed by atoms with Gasteiger partial charge in [-0.3, -0.25) is 4.99 Å². The topological polar surface area (TPSA) is 74.2 Å². The van der Waals surface area contributed by atoms with Crippen LogP contribution in [0, 0.1) is 6.92 Å². The number of ether oxygens (including phenoxy) is 1. The predicted molar refractivity (Wildman–Crippen MR) is 116 cm³/mol. The monoisotopic (exact) mass is 496 g/mol. The van der Waals surface area contributed by atoms with E-state index in [1.54, 1.807) is 7.05 Å². The summed E-state index contributed by atoms with van der Waals surface area (Å²) < 4.78 is 31.4. The molecule has 1 fully saturated rings. The van der Waals surface area contributed by atoms with Crippen molar-refractivity contribution < 1.29 is 13.2 Å². The smallest absolute Gasteiger partial charge is 0.215 e. The number of aryl methyl sites for hydroxylation is 1. The van der Waals surface area contributed by atoms with E-state index in [0.717, 1.165) is 0 Å². The lowest BCUT2D eigenvalue weighted by Crippen LogP contribution is -2.45. The van der Waals surface area contributed by atoms with E-state index in [0.29, 0.717) is 45.4 Å². The number of nitrogens with zero attached hydrogens (tertiary/aromatic N) is 3. The Hall–Kier alpha value is -0.910. The first-order valence-corrected chi connectivity index (χ1v) is 10.1. The molecule has 148 valence electrons. The van der Waals surface area contributed by atoms with E-state index in [9.17, 15) is 8.42 Å². The Balaban J connectivity index is 0.00000338. The summed E-state index contributed by atoms with van der Waals surface area (Å²) >= 11 is 0. The maximum Gasteiger partial charge on any atom is 0.215 e. The fourth-order valence-corrected chi connectivity index (χ4v) is 4.00. The molecule has 1 aromatic rings. The van der Waals surface area contributed by atoms with Gasteiger partial charge in [0.05, 0.1) is 19.0 Å². The summed E-state index contributed by atoms with van der Waals surface area (Å²) in [5, 5.41) is 3.13. The average Bonchev–Trinajstić information content (AvgIpc) is 2.61. The molecular formula is C17H29IN4O3S. The van der Waals surface area contributed by atoms with Crippen molar-refractivity contribution in [3.05, 3.63) is 35.4 Å². The van der Waals surface area contributed by atoms with Gasteiger partial charge in [0.2, 0.25) is 10.0 Å². The minimum absolute atomic E-state index is 0. The maximum atomic E-state index is 12.3. The van der Waals surface area contributed by atoms with Gasteiger partial charge in [-0.1, -0.05) is 29.8 Å². The van der Waals surface area contributed by atoms with Crippen LogP contribution in [0.25, 0.3) is 0 Å². The molecule has 0 unspecified atom stereocenters. The lowest BCUT2D eigenvalue weighted by molar-refractivity contribution is 0.0730. The van der Waals surface area contributed by atoms with Crippen LogP contribution in [0.3, 0.4) is 0 Å². The second-order valence-corrected chi connectivity index (χ2v) is 8.23. The first-order chi connectivity index (χ1) is 11.9. The summed E-state index contributed by atoms with van der Waals surface area (Å²) in [5.74, 6) is 0.724. The number of nitrogens with one attached hydrogen (secondary N) is 1. The molecule has 0 atom stereocenters. The molecule has 1 saturated heterocycles. The molecule has 1 aliphatic rings. The molecule has 0 radical (unpaired) electrons. The van der Waals surface area contributed by atoms with Gasteiger partial charge in [-0.15, -0.1) is 24.0 Å². The molecule has 1 aromatic carbocycles. The number of aliphatic imine (C=N–C) groups is 1. The lowest BCUT2D eigenvalue weighted by Gasteiger charge is -2.27. The van der Waals surface area contributed by atoms with Crippen molar-refractivity contribution in [1.82, 2.24) is 14.5 Å². The second kappa shape index (κ2) is 11.1. The zero-order valence-electron chi connectivity index (χ0n) is 15.6. The van der Waals surface area contributed by atoms with Crippen LogP contribution in [0.5, 0.6) is 0 Å². The van der Waals surface area contributed by atoms with E-state index in [-0.39, 0.29) is 29.7 Å². The zero-order valence-corrected chi connectivity index (χ0v) is 18.8. The largest absolute Gasteiger partial charge is 0.379 e. The summed E-state index contributed by atoms with van der Waals surface area (Å²) in [7, 11) is 0.376. The van der Waals surface area contributed by atoms with Crippen molar-refractivity contribution in [3.63, 3.8) is 0 Å². The Morgan fingerprint density at radius 1 is 1.27 bits per heavy atom. The first-order valence-electron chi connectivity index (χ1n) is 8.45. The van der Waals surface area contributed by atoms with Crippen LogP contribution in [-0.2, 0) is 21.3 Å². The van der Waals surface area contributed by atoms with Crippen molar-refractivity contribution >= 4 is 40.0 Å². The highest BCUT2D eigenvalue weighted by Crippen LogP contribution is 2.07. The number of morpholine rings is 1. The number of benzene rings is 1. The van der Waals surface area contributed by atoms with Crippen LogP contribution in [0.15, 0.2) is 29.3 Å². The molecule has 1 N–H and O–H groups in total. The summed E-state index contributed by atoms with van der Waals surface area (Å²) in [4.78, 5) is 6.22. The van der Waals surface area contributed by atoms with Crippen LogP contribution in [0.1, 0.15) is 11.1 Å². The third-order valence-corrected chi connectivity index (χ3v) is 5.99. The molecule has 2 rings (SSSR count). The van der Waals surface area contributed by atoms with E-state index >= 15 is 0 Å². The number of hydrogen-bond donors (Lipinski definition) is 1. The number of hydrogen-bond acceptors (Lipinski definition) is 4. The Bertz CT molecular complexity index is 674. The highest BCUT2D eigenvalue weighted by Gasteiger charge is 2.23. The minimum Gasteiger partial charge on any atom is -0.379 e. The molecule has 7 nitrogen and oxygen atoms in total. The molecule has 1 aliphatic heterocycles. The molecule has 0 aromatic heterocycles. The van der Waals surface area contributed by atoms with Crippen molar-refractivity contribution in [1.29, 1.82) is 0 Å². The van der Waals surface area contributed by atoms with Crippen LogP contribution in [0.4, 0.5) is 0 Å². The molecule has 0 aliphatic carbocycles. The van der Waals surface area contributed by atoms with E-state index in [2.05, 4.69) is 41.5 Å². The molecule has 26 heavy (non-hydrogen) atoms. The molecule has 0 bridgehead atoms. The maximum absolute atomic E-state index is 12.3. The van der Waals surface area contributed by atoms with E-state index in [4.69, 9.17) is 4.74 Å². The quantitative estimate of drug-likeness (QED) is 0.365. The minimum atomic E-state index is -3.26. The van der Waals surface area contributed by atoms with Crippen molar-refractivity contribution in [2.75, 3.05) is 52.7 Å². The van der Waals surface area contributed by atoms with E-state index < -0.39 is 10.0 Å². The number of halogens is 1. The Kier molecular flexibility index (Phi) is 9.83. The van der Waals surface area contributed by atoms with Crippen molar-refractivity contribution in [2.24, 2.45) is 4.99 Å². The van der Waals surface area contributed by atoms with Crippen molar-refractivity contribution in [2.45, 2.75) is 13.5 Å². The predicted octanol–water partition coefficient (Wildman–Crippen LogP) is 1.28. The van der Waals surface area contributed by atoms with Crippen LogP contribution in [-0.4, -0.2) is 76.3 Å². The van der Waals surface area contributed by atoms with E-state index in [1.807, 2.05) is 11.9 Å². The molecule has 0 saturated carbocycles. The molecule has 9 heteroatoms. The van der Waals surface area contributed by atoms with Crippen LogP contribution >= 0.6 is 24.0 Å². The van der Waals surface area contributed by atoms with Gasteiger partial charge in [0.1, 0.15) is 0 Å². The Labute approximate surface area is 173 Å². The summed E-state index contributed by atoms with van der Waals surface area (Å²) in [5.41, 5.74) is 2.40. The highest BCUT2D eigenvalue weighted by molar-refractivity contribution is 14.0. The number of sulfonamides is 1. The normalized spacial score (nSPS) is 16.0. The van der Waals surface area contributed by atoms with Gasteiger partial charge in [-0.25, -0.2) is 8.42 Å². The standard InChI is InChI=1S/C17H28N4O3S.HI/c1-15-4-6-16(7-5-15)14-20(3)17(18-2)19-8-13-25(22,23)21-9-11-24-12-10-21;/h4-7H,8-14H2,1-3H3,(H,18,19);1H. The molecule has 1 heterocycles. The van der Waals surface area contributed by atoms with Gasteiger partial charge in [0.25, 0.3) is 0 Å². The highest BCUT2D eigenvalue weighted by atomic mass is 127. The number of guanidine groups is 1. The van der Waals surface area contributed by atoms with Gasteiger partial charge in [-0.05, 0) is 12.5 Å². The van der Waals surface area contributed by atoms with Crippen LogP contribution < -0.4 is 5.32 Å². The fourth-order valence-electron chi connectivity index (χ4n) is 2.67. The fraction of sp³-hybridized carbons (Fsp3) is 0.588. The van der Waals surface area contributed by atoms with E-state index in [1.165, 1.54) is 15.4 Å². The zero-order chi connectivity index (χ0) is 18.3. The van der Waals surface area contributed by atoms with Gasteiger partial charge >= 0.3 is 0 Å². The Morgan fingerprint density at radius 2 is 1.88 bits per heavy atom. The third-order valence-electron chi connectivity index (χ3n) is 4.12. The lowest BCUT2D eigenvalue weighted by atomic mass is 10.1. The van der Waals surface area contributed by atoms with Crippen molar-refractivity contribution in [3.8, 4) is 0 Å². The molecule has 0 spiro atoms. The first kappa shape index (κ1) is 23.1. The number of rotatable bonds is 6. The van der Waals surface area contributed by atoms with Gasteiger partial charge < -0.3 is 15.0 Å². The van der Waals surface area contributed by atoms with Gasteiger partial charge in [-0.2, -0.15) is 4.31 Å². The van der Waals surface area contributed by atoms with Gasteiger partial charge in [0.15, 0.2) is 5.96 Å². The SMILES string of the molecule is CN=C(NCCS(=O)(=O)N1CCOCC1)N(C)Cc1ccc(C)cc1.I. The summed E-state index contributed by atoms with van der Waals surface area (Å²) in [6.45, 7) is 4.89. The summed E-state index contributed by atoms with van der Waals surface area (Å²) in [6, 6.07) is 8.33.